The zero-order valence-corrected chi connectivity index (χ0v) is 20.3. The van der Waals surface area contributed by atoms with Gasteiger partial charge in [-0.3, -0.25) is 9.59 Å². The van der Waals surface area contributed by atoms with Gasteiger partial charge in [0, 0.05) is 36.6 Å². The number of benzene rings is 2. The molecule has 2 aromatic heterocycles. The van der Waals surface area contributed by atoms with Crippen molar-refractivity contribution in [1.82, 2.24) is 25.1 Å². The molecule has 1 saturated heterocycles. The number of Topliss-reactive ketones (excluding diaryl/α,β-unsaturated/α-hetero) is 1. The quantitative estimate of drug-likeness (QED) is 0.369. The molecular formula is C27H26N6O4. The lowest BCUT2D eigenvalue weighted by atomic mass is 10.1. The Balaban J connectivity index is 1.52. The first-order valence-corrected chi connectivity index (χ1v) is 11.9. The van der Waals surface area contributed by atoms with Gasteiger partial charge in [0.2, 0.25) is 5.95 Å². The molecule has 1 fully saturated rings. The van der Waals surface area contributed by atoms with Gasteiger partial charge in [0.05, 0.1) is 32.6 Å². The van der Waals surface area contributed by atoms with Crippen molar-refractivity contribution >= 4 is 17.6 Å². The van der Waals surface area contributed by atoms with Crippen molar-refractivity contribution in [2.24, 2.45) is 0 Å². The highest BCUT2D eigenvalue weighted by Gasteiger charge is 2.26. The van der Waals surface area contributed by atoms with Gasteiger partial charge in [0.25, 0.3) is 5.91 Å². The molecule has 10 heteroatoms. The molecule has 188 valence electrons. The second kappa shape index (κ2) is 11.0. The lowest BCUT2D eigenvalue weighted by Crippen LogP contribution is -2.38. The summed E-state index contributed by atoms with van der Waals surface area (Å²) >= 11 is 0. The van der Waals surface area contributed by atoms with Crippen LogP contribution in [0.3, 0.4) is 0 Å². The summed E-state index contributed by atoms with van der Waals surface area (Å²) in [5.41, 5.74) is 2.60. The van der Waals surface area contributed by atoms with Gasteiger partial charge in [-0.05, 0) is 18.2 Å². The second-order valence-corrected chi connectivity index (χ2v) is 8.33. The molecule has 4 aromatic rings. The van der Waals surface area contributed by atoms with E-state index in [1.165, 1.54) is 7.11 Å². The molecule has 3 heterocycles. The highest BCUT2D eigenvalue weighted by molar-refractivity contribution is 6.03. The standard InChI is InChI=1S/C27H26N6O4/c1-36-25-23(20-9-5-10-21(17-20)33-12-6-11-29-33)30-27(32-13-15-37-16-14-32)31-24(25)26(35)28-18-22(34)19-7-3-2-4-8-19/h2-12,17H,13-16,18H2,1H3,(H,28,35). The smallest absolute Gasteiger partial charge is 0.274 e. The number of aromatic nitrogens is 4. The number of carbonyl (C=O) groups excluding carboxylic acids is 2. The molecule has 1 amide bonds. The Bertz CT molecular complexity index is 1390. The zero-order valence-electron chi connectivity index (χ0n) is 20.3. The number of anilines is 1. The molecule has 1 aliphatic heterocycles. The SMILES string of the molecule is COc1c(C(=O)NCC(=O)c2ccccc2)nc(N2CCOCC2)nc1-c1cccc(-n2cccn2)c1. The van der Waals surface area contributed by atoms with Crippen LogP contribution in [0.4, 0.5) is 5.95 Å². The van der Waals surface area contributed by atoms with Crippen LogP contribution in [0.25, 0.3) is 16.9 Å². The van der Waals surface area contributed by atoms with E-state index in [1.54, 1.807) is 35.1 Å². The highest BCUT2D eigenvalue weighted by atomic mass is 16.5. The molecule has 0 aliphatic carbocycles. The van der Waals surface area contributed by atoms with Crippen molar-refractivity contribution < 1.29 is 19.1 Å². The fourth-order valence-corrected chi connectivity index (χ4v) is 4.07. The van der Waals surface area contributed by atoms with Gasteiger partial charge in [0.1, 0.15) is 5.69 Å². The largest absolute Gasteiger partial charge is 0.492 e. The average Bonchev–Trinajstić information content (AvgIpc) is 3.51. The third kappa shape index (κ3) is 5.34. The Morgan fingerprint density at radius 3 is 2.57 bits per heavy atom. The van der Waals surface area contributed by atoms with Crippen molar-refractivity contribution in [3.63, 3.8) is 0 Å². The van der Waals surface area contributed by atoms with Gasteiger partial charge in [0.15, 0.2) is 17.2 Å². The lowest BCUT2D eigenvalue weighted by molar-refractivity contribution is 0.0898. The van der Waals surface area contributed by atoms with E-state index in [9.17, 15) is 9.59 Å². The number of hydrogen-bond donors (Lipinski definition) is 1. The predicted molar refractivity (Wildman–Crippen MR) is 137 cm³/mol. The zero-order chi connectivity index (χ0) is 25.6. The normalized spacial score (nSPS) is 13.3. The summed E-state index contributed by atoms with van der Waals surface area (Å²) in [6.07, 6.45) is 3.55. The number of ketones is 1. The van der Waals surface area contributed by atoms with Crippen LogP contribution in [0, 0.1) is 0 Å². The summed E-state index contributed by atoms with van der Waals surface area (Å²) in [5.74, 6) is -0.118. The molecule has 0 atom stereocenters. The van der Waals surface area contributed by atoms with Crippen LogP contribution >= 0.6 is 0 Å². The lowest BCUT2D eigenvalue weighted by Gasteiger charge is -2.28. The molecular weight excluding hydrogens is 472 g/mol. The number of methoxy groups -OCH3 is 1. The van der Waals surface area contributed by atoms with Gasteiger partial charge < -0.3 is 19.7 Å². The summed E-state index contributed by atoms with van der Waals surface area (Å²) in [5, 5.41) is 7.00. The van der Waals surface area contributed by atoms with Crippen LogP contribution < -0.4 is 15.0 Å². The van der Waals surface area contributed by atoms with Crippen molar-refractivity contribution in [2.75, 3.05) is 44.9 Å². The number of rotatable bonds is 8. The van der Waals surface area contributed by atoms with Crippen LogP contribution in [0.2, 0.25) is 0 Å². The van der Waals surface area contributed by atoms with Crippen molar-refractivity contribution in [3.8, 4) is 22.7 Å². The summed E-state index contributed by atoms with van der Waals surface area (Å²) in [4.78, 5) is 37.3. The molecule has 1 N–H and O–H groups in total. The number of amides is 1. The third-order valence-electron chi connectivity index (χ3n) is 5.96. The third-order valence-corrected chi connectivity index (χ3v) is 5.96. The van der Waals surface area contributed by atoms with E-state index < -0.39 is 5.91 Å². The number of ether oxygens (including phenoxy) is 2. The molecule has 1 aliphatic rings. The maximum atomic E-state index is 13.3. The molecule has 37 heavy (non-hydrogen) atoms. The number of nitrogens with one attached hydrogen (secondary N) is 1. The second-order valence-electron chi connectivity index (χ2n) is 8.33. The maximum Gasteiger partial charge on any atom is 0.274 e. The van der Waals surface area contributed by atoms with Crippen LogP contribution in [-0.4, -0.2) is 71.4 Å². The fraction of sp³-hybridized carbons (Fsp3) is 0.222. The minimum atomic E-state index is -0.525. The van der Waals surface area contributed by atoms with Crippen LogP contribution in [-0.2, 0) is 4.74 Å². The molecule has 5 rings (SSSR count). The molecule has 2 aromatic carbocycles. The Labute approximate surface area is 213 Å². The van der Waals surface area contributed by atoms with Crippen LogP contribution in [0.5, 0.6) is 5.75 Å². The Hall–Kier alpha value is -4.57. The fourth-order valence-electron chi connectivity index (χ4n) is 4.07. The van der Waals surface area contributed by atoms with Gasteiger partial charge in [-0.15, -0.1) is 0 Å². The summed E-state index contributed by atoms with van der Waals surface area (Å²) < 4.78 is 12.9. The maximum absolute atomic E-state index is 13.3. The van der Waals surface area contributed by atoms with E-state index >= 15 is 0 Å². The topological polar surface area (TPSA) is 111 Å². The molecule has 0 radical (unpaired) electrons. The first-order chi connectivity index (χ1) is 18.1. The molecule has 0 saturated carbocycles. The first-order valence-electron chi connectivity index (χ1n) is 11.9. The first kappa shape index (κ1) is 24.1. The summed E-state index contributed by atoms with van der Waals surface area (Å²) in [7, 11) is 1.47. The Morgan fingerprint density at radius 1 is 1.03 bits per heavy atom. The molecule has 0 spiro atoms. The summed E-state index contributed by atoms with van der Waals surface area (Å²) in [6, 6.07) is 18.3. The van der Waals surface area contributed by atoms with Crippen LogP contribution in [0.1, 0.15) is 20.8 Å². The van der Waals surface area contributed by atoms with Crippen molar-refractivity contribution in [3.05, 3.63) is 84.3 Å². The minimum Gasteiger partial charge on any atom is -0.492 e. The Morgan fingerprint density at radius 2 is 1.84 bits per heavy atom. The average molecular weight is 499 g/mol. The van der Waals surface area contributed by atoms with E-state index in [2.05, 4.69) is 15.4 Å². The number of hydrogen-bond acceptors (Lipinski definition) is 8. The minimum absolute atomic E-state index is 0.0549. The molecule has 10 nitrogen and oxygen atoms in total. The molecule has 0 unspecified atom stereocenters. The van der Waals surface area contributed by atoms with Gasteiger partial charge in [-0.25, -0.2) is 14.6 Å². The predicted octanol–water partition coefficient (Wildman–Crippen LogP) is 2.79. The van der Waals surface area contributed by atoms with E-state index in [4.69, 9.17) is 14.5 Å². The van der Waals surface area contributed by atoms with Crippen molar-refractivity contribution in [1.29, 1.82) is 0 Å². The van der Waals surface area contributed by atoms with Gasteiger partial charge in [-0.1, -0.05) is 42.5 Å². The van der Waals surface area contributed by atoms with Gasteiger partial charge >= 0.3 is 0 Å². The number of carbonyl (C=O) groups is 2. The summed E-state index contributed by atoms with van der Waals surface area (Å²) in [6.45, 7) is 2.07. The Kier molecular flexibility index (Phi) is 7.18. The monoisotopic (exact) mass is 498 g/mol. The number of morpholine rings is 1. The van der Waals surface area contributed by atoms with E-state index in [0.717, 1.165) is 11.3 Å². The molecule has 0 bridgehead atoms. The van der Waals surface area contributed by atoms with E-state index in [0.29, 0.717) is 43.5 Å². The van der Waals surface area contributed by atoms with Crippen LogP contribution in [0.15, 0.2) is 73.1 Å². The van der Waals surface area contributed by atoms with Gasteiger partial charge in [-0.2, -0.15) is 5.10 Å². The number of nitrogens with zero attached hydrogens (tertiary/aromatic N) is 5. The van der Waals surface area contributed by atoms with Crippen molar-refractivity contribution in [2.45, 2.75) is 0 Å². The highest BCUT2D eigenvalue weighted by Crippen LogP contribution is 2.33. The van der Waals surface area contributed by atoms with E-state index in [-0.39, 0.29) is 23.8 Å². The van der Waals surface area contributed by atoms with E-state index in [1.807, 2.05) is 47.5 Å².